The fraction of sp³-hybridized carbons (Fsp3) is 0.353. The summed E-state index contributed by atoms with van der Waals surface area (Å²) in [6.07, 6.45) is 0.119. The Kier molecular flexibility index (Phi) is 6.43. The number of carbonyl (C=O) groups excluding carboxylic acids is 2. The Hall–Kier alpha value is -2.28. The van der Waals surface area contributed by atoms with Gasteiger partial charge in [0.1, 0.15) is 5.25 Å². The van der Waals surface area contributed by atoms with Gasteiger partial charge in [0.25, 0.3) is 0 Å². The molecule has 0 saturated carbocycles. The molecule has 1 aromatic rings. The molecule has 1 heterocycles. The van der Waals surface area contributed by atoms with Crippen LogP contribution in [-0.2, 0) is 16.1 Å². The molecule has 0 radical (unpaired) electrons. The number of rotatable bonds is 7. The Morgan fingerprint density at radius 3 is 2.75 bits per heavy atom. The summed E-state index contributed by atoms with van der Waals surface area (Å²) in [6, 6.07) is 9.64. The summed E-state index contributed by atoms with van der Waals surface area (Å²) in [4.78, 5) is 23.9. The van der Waals surface area contributed by atoms with Crippen LogP contribution in [0.4, 0.5) is 0 Å². The average molecular weight is 346 g/mol. The van der Waals surface area contributed by atoms with Crippen LogP contribution in [-0.4, -0.2) is 22.2 Å². The van der Waals surface area contributed by atoms with Crippen molar-refractivity contribution in [2.24, 2.45) is 11.0 Å². The van der Waals surface area contributed by atoms with Gasteiger partial charge in [0.15, 0.2) is 5.17 Å². The first-order valence-electron chi connectivity index (χ1n) is 7.76. The van der Waals surface area contributed by atoms with Crippen molar-refractivity contribution in [3.8, 4) is 0 Å². The van der Waals surface area contributed by atoms with E-state index in [9.17, 15) is 9.59 Å². The molecular formula is C17H22N4O2S. The zero-order valence-electron chi connectivity index (χ0n) is 13.8. The van der Waals surface area contributed by atoms with Crippen molar-refractivity contribution in [3.05, 3.63) is 48.2 Å². The Balaban J connectivity index is 1.80. The van der Waals surface area contributed by atoms with Crippen LogP contribution in [0.3, 0.4) is 0 Å². The van der Waals surface area contributed by atoms with Crippen LogP contribution in [0.2, 0.25) is 0 Å². The molecular weight excluding hydrogens is 324 g/mol. The molecule has 1 aromatic carbocycles. The van der Waals surface area contributed by atoms with Crippen molar-refractivity contribution >= 4 is 28.7 Å². The van der Waals surface area contributed by atoms with Crippen LogP contribution in [0.15, 0.2) is 47.7 Å². The standard InChI is InChI=1S/C17H22N4O2S/c1-11(2)12(3)20-21-17-19-16(23)14(24-17)9-15(22)18-10-13-7-5-4-6-8-13/h4-8,11,14,20H,3,9-10H2,1-2H3,(H,18,22)(H,19,21,23)/t14-/m0/s1. The van der Waals surface area contributed by atoms with Gasteiger partial charge in [-0.05, 0) is 11.5 Å². The largest absolute Gasteiger partial charge is 0.352 e. The minimum Gasteiger partial charge on any atom is -0.352 e. The van der Waals surface area contributed by atoms with Crippen LogP contribution in [0, 0.1) is 5.92 Å². The van der Waals surface area contributed by atoms with Gasteiger partial charge in [-0.3, -0.25) is 15.0 Å². The lowest BCUT2D eigenvalue weighted by Crippen LogP contribution is -2.31. The number of benzene rings is 1. The van der Waals surface area contributed by atoms with E-state index in [0.29, 0.717) is 11.7 Å². The highest BCUT2D eigenvalue weighted by molar-refractivity contribution is 8.15. The third kappa shape index (κ3) is 5.42. The van der Waals surface area contributed by atoms with Gasteiger partial charge in [-0.25, -0.2) is 0 Å². The lowest BCUT2D eigenvalue weighted by atomic mass is 10.2. The zero-order valence-corrected chi connectivity index (χ0v) is 14.7. The molecule has 1 aliphatic rings. The Bertz CT molecular complexity index is 643. The van der Waals surface area contributed by atoms with Crippen molar-refractivity contribution in [3.63, 3.8) is 0 Å². The van der Waals surface area contributed by atoms with E-state index in [1.165, 1.54) is 11.8 Å². The van der Waals surface area contributed by atoms with Crippen LogP contribution in [0.1, 0.15) is 25.8 Å². The molecule has 1 saturated heterocycles. The summed E-state index contributed by atoms with van der Waals surface area (Å²) < 4.78 is 0. The summed E-state index contributed by atoms with van der Waals surface area (Å²) in [6.45, 7) is 8.30. The lowest BCUT2D eigenvalue weighted by molar-refractivity contribution is -0.125. The van der Waals surface area contributed by atoms with Crippen LogP contribution in [0.25, 0.3) is 0 Å². The summed E-state index contributed by atoms with van der Waals surface area (Å²) >= 11 is 1.25. The number of hydrogen-bond acceptors (Lipinski definition) is 5. The van der Waals surface area contributed by atoms with E-state index < -0.39 is 5.25 Å². The second-order valence-corrected chi connectivity index (χ2v) is 6.96. The molecule has 0 spiro atoms. The average Bonchev–Trinajstić information content (AvgIpc) is 2.91. The van der Waals surface area contributed by atoms with Gasteiger partial charge in [-0.1, -0.05) is 62.5 Å². The van der Waals surface area contributed by atoms with Crippen molar-refractivity contribution in [1.82, 2.24) is 16.1 Å². The van der Waals surface area contributed by atoms with E-state index in [1.807, 2.05) is 44.2 Å². The second-order valence-electron chi connectivity index (χ2n) is 5.77. The monoisotopic (exact) mass is 346 g/mol. The van der Waals surface area contributed by atoms with Gasteiger partial charge in [0.05, 0.1) is 0 Å². The van der Waals surface area contributed by atoms with Crippen molar-refractivity contribution in [2.45, 2.75) is 32.1 Å². The first kappa shape index (κ1) is 18.1. The molecule has 2 amide bonds. The van der Waals surface area contributed by atoms with Crippen molar-refractivity contribution < 1.29 is 9.59 Å². The first-order valence-corrected chi connectivity index (χ1v) is 8.64. The molecule has 7 heteroatoms. The van der Waals surface area contributed by atoms with Crippen LogP contribution >= 0.6 is 11.8 Å². The van der Waals surface area contributed by atoms with Crippen molar-refractivity contribution in [2.75, 3.05) is 0 Å². The lowest BCUT2D eigenvalue weighted by Gasteiger charge is -2.08. The molecule has 0 aromatic heterocycles. The predicted molar refractivity (Wildman–Crippen MR) is 97.0 cm³/mol. The fourth-order valence-corrected chi connectivity index (χ4v) is 2.81. The molecule has 0 aliphatic carbocycles. The Morgan fingerprint density at radius 1 is 1.38 bits per heavy atom. The van der Waals surface area contributed by atoms with Gasteiger partial charge >= 0.3 is 0 Å². The quantitative estimate of drug-likeness (QED) is 0.659. The maximum Gasteiger partial charge on any atom is 0.240 e. The van der Waals surface area contributed by atoms with Gasteiger partial charge in [0, 0.05) is 18.7 Å². The minimum atomic E-state index is -0.464. The first-order chi connectivity index (χ1) is 11.5. The molecule has 0 bridgehead atoms. The van der Waals surface area contributed by atoms with E-state index in [4.69, 9.17) is 0 Å². The van der Waals surface area contributed by atoms with Crippen LogP contribution in [0.5, 0.6) is 0 Å². The highest BCUT2D eigenvalue weighted by Gasteiger charge is 2.32. The summed E-state index contributed by atoms with van der Waals surface area (Å²) in [5.41, 5.74) is 4.61. The van der Waals surface area contributed by atoms with E-state index in [1.54, 1.807) is 0 Å². The number of nitrogens with one attached hydrogen (secondary N) is 3. The number of hydrogen-bond donors (Lipinski definition) is 3. The molecule has 0 unspecified atom stereocenters. The SMILES string of the molecule is C=C(N/N=C1\NC(=O)[C@H](CC(=O)NCc2ccccc2)S1)C(C)C. The number of allylic oxidation sites excluding steroid dienone is 1. The Morgan fingerprint density at radius 2 is 2.08 bits per heavy atom. The second kappa shape index (κ2) is 8.54. The van der Waals surface area contributed by atoms with Crippen LogP contribution < -0.4 is 16.1 Å². The molecule has 1 aliphatic heterocycles. The van der Waals surface area contributed by atoms with Gasteiger partial charge in [-0.15, -0.1) is 0 Å². The number of amidine groups is 1. The highest BCUT2D eigenvalue weighted by atomic mass is 32.2. The number of hydrazone groups is 1. The molecule has 1 fully saturated rings. The molecule has 3 N–H and O–H groups in total. The Labute approximate surface area is 146 Å². The van der Waals surface area contributed by atoms with E-state index >= 15 is 0 Å². The molecule has 6 nitrogen and oxygen atoms in total. The summed E-state index contributed by atoms with van der Waals surface area (Å²) in [5, 5.41) is 9.60. The van der Waals surface area contributed by atoms with E-state index in [-0.39, 0.29) is 24.2 Å². The summed E-state index contributed by atoms with van der Waals surface area (Å²) in [7, 11) is 0. The number of nitrogens with zero attached hydrogens (tertiary/aromatic N) is 1. The van der Waals surface area contributed by atoms with Crippen molar-refractivity contribution in [1.29, 1.82) is 0 Å². The zero-order chi connectivity index (χ0) is 17.5. The highest BCUT2D eigenvalue weighted by Crippen LogP contribution is 2.22. The van der Waals surface area contributed by atoms with Gasteiger partial charge < -0.3 is 10.6 Å². The number of amides is 2. The smallest absolute Gasteiger partial charge is 0.240 e. The van der Waals surface area contributed by atoms with E-state index in [0.717, 1.165) is 11.3 Å². The third-order valence-corrected chi connectivity index (χ3v) is 4.56. The molecule has 128 valence electrons. The maximum absolute atomic E-state index is 12.0. The fourth-order valence-electron chi connectivity index (χ4n) is 1.88. The number of thioether (sulfide) groups is 1. The van der Waals surface area contributed by atoms with E-state index in [2.05, 4.69) is 27.7 Å². The topological polar surface area (TPSA) is 82.6 Å². The molecule has 1 atom stereocenters. The van der Waals surface area contributed by atoms with Gasteiger partial charge in [-0.2, -0.15) is 5.10 Å². The van der Waals surface area contributed by atoms with Gasteiger partial charge in [0.2, 0.25) is 11.8 Å². The minimum absolute atomic E-state index is 0.119. The molecule has 24 heavy (non-hydrogen) atoms. The molecule has 2 rings (SSSR count). The summed E-state index contributed by atoms with van der Waals surface area (Å²) in [5.74, 6) is -0.117. The predicted octanol–water partition coefficient (Wildman–Crippen LogP) is 1.95. The normalized spacial score (nSPS) is 18.5. The maximum atomic E-state index is 12.0. The number of carbonyl (C=O) groups is 2. The third-order valence-electron chi connectivity index (χ3n) is 3.48.